The highest BCUT2D eigenvalue weighted by atomic mass is 35.5. The van der Waals surface area contributed by atoms with Crippen LogP contribution in [0.5, 0.6) is 0 Å². The Balaban J connectivity index is 1.98. The van der Waals surface area contributed by atoms with E-state index in [2.05, 4.69) is 5.32 Å². The summed E-state index contributed by atoms with van der Waals surface area (Å²) >= 11 is 6.01. The van der Waals surface area contributed by atoms with Crippen LogP contribution in [0.25, 0.3) is 11.1 Å². The molecule has 0 radical (unpaired) electrons. The van der Waals surface area contributed by atoms with Gasteiger partial charge in [0.05, 0.1) is 0 Å². The van der Waals surface area contributed by atoms with E-state index < -0.39 is 11.6 Å². The number of nitrogens with one attached hydrogen (secondary N) is 1. The van der Waals surface area contributed by atoms with Crippen molar-refractivity contribution < 1.29 is 8.78 Å². The van der Waals surface area contributed by atoms with Crippen LogP contribution >= 0.6 is 11.6 Å². The molecule has 0 bridgehead atoms. The summed E-state index contributed by atoms with van der Waals surface area (Å²) < 4.78 is 26.8. The second-order valence-electron chi connectivity index (χ2n) is 5.11. The standard InChI is InChI=1S/C16H14ClF2N/c17-12-2-1-10(9-20-15-3-4-15)16(7-12)11-5-13(18)8-14(19)6-11/h1-2,5-8,15,20H,3-4,9H2. The number of benzene rings is 2. The van der Waals surface area contributed by atoms with Crippen LogP contribution in [-0.2, 0) is 6.54 Å². The summed E-state index contributed by atoms with van der Waals surface area (Å²) in [6.45, 7) is 0.676. The predicted octanol–water partition coefficient (Wildman–Crippen LogP) is 4.54. The lowest BCUT2D eigenvalue weighted by Gasteiger charge is -2.12. The Hall–Kier alpha value is -1.45. The molecule has 3 rings (SSSR count). The minimum Gasteiger partial charge on any atom is -0.310 e. The van der Waals surface area contributed by atoms with Gasteiger partial charge in [0.25, 0.3) is 0 Å². The fourth-order valence-electron chi connectivity index (χ4n) is 2.22. The van der Waals surface area contributed by atoms with Gasteiger partial charge >= 0.3 is 0 Å². The largest absolute Gasteiger partial charge is 0.310 e. The fourth-order valence-corrected chi connectivity index (χ4v) is 2.39. The van der Waals surface area contributed by atoms with Crippen molar-refractivity contribution in [1.82, 2.24) is 5.32 Å². The molecule has 2 aromatic rings. The van der Waals surface area contributed by atoms with Gasteiger partial charge in [-0.2, -0.15) is 0 Å². The number of halogens is 3. The van der Waals surface area contributed by atoms with Crippen LogP contribution in [0.1, 0.15) is 18.4 Å². The molecule has 0 unspecified atom stereocenters. The number of rotatable bonds is 4. The third kappa shape index (κ3) is 3.17. The zero-order valence-corrected chi connectivity index (χ0v) is 11.6. The quantitative estimate of drug-likeness (QED) is 0.873. The van der Waals surface area contributed by atoms with Crippen molar-refractivity contribution in [2.24, 2.45) is 0 Å². The topological polar surface area (TPSA) is 12.0 Å². The van der Waals surface area contributed by atoms with Gasteiger partial charge in [0.15, 0.2) is 0 Å². The third-order valence-electron chi connectivity index (χ3n) is 3.40. The molecule has 2 aromatic carbocycles. The van der Waals surface area contributed by atoms with Crippen molar-refractivity contribution in [2.45, 2.75) is 25.4 Å². The minimum absolute atomic E-state index is 0.512. The summed E-state index contributed by atoms with van der Waals surface area (Å²) in [6, 6.07) is 9.55. The Morgan fingerprint density at radius 3 is 2.40 bits per heavy atom. The first-order chi connectivity index (χ1) is 9.61. The van der Waals surface area contributed by atoms with Gasteiger partial charge in [0.1, 0.15) is 11.6 Å². The smallest absolute Gasteiger partial charge is 0.126 e. The molecule has 0 saturated heterocycles. The van der Waals surface area contributed by atoms with Crippen molar-refractivity contribution in [2.75, 3.05) is 0 Å². The molecule has 104 valence electrons. The van der Waals surface area contributed by atoms with Crippen LogP contribution in [0, 0.1) is 11.6 Å². The molecule has 0 aliphatic heterocycles. The van der Waals surface area contributed by atoms with E-state index in [1.165, 1.54) is 25.0 Å². The molecule has 1 fully saturated rings. The van der Waals surface area contributed by atoms with Gasteiger partial charge in [0, 0.05) is 23.7 Å². The van der Waals surface area contributed by atoms with Crippen LogP contribution in [0.3, 0.4) is 0 Å². The van der Waals surface area contributed by atoms with Crippen molar-refractivity contribution >= 4 is 11.6 Å². The number of hydrogen-bond acceptors (Lipinski definition) is 1. The maximum Gasteiger partial charge on any atom is 0.126 e. The summed E-state index contributed by atoms with van der Waals surface area (Å²) in [5.74, 6) is -1.16. The molecule has 0 heterocycles. The molecular formula is C16H14ClF2N. The summed E-state index contributed by atoms with van der Waals surface area (Å²) in [5, 5.41) is 3.96. The second kappa shape index (κ2) is 5.51. The van der Waals surface area contributed by atoms with E-state index in [-0.39, 0.29) is 0 Å². The van der Waals surface area contributed by atoms with Gasteiger partial charge < -0.3 is 5.32 Å². The Kier molecular flexibility index (Phi) is 3.72. The molecule has 0 amide bonds. The first-order valence-corrected chi connectivity index (χ1v) is 6.98. The van der Waals surface area contributed by atoms with Crippen LogP contribution in [0.4, 0.5) is 8.78 Å². The average molecular weight is 294 g/mol. The molecule has 0 atom stereocenters. The lowest BCUT2D eigenvalue weighted by Crippen LogP contribution is -2.15. The lowest BCUT2D eigenvalue weighted by atomic mass is 9.99. The molecule has 20 heavy (non-hydrogen) atoms. The highest BCUT2D eigenvalue weighted by Crippen LogP contribution is 2.29. The van der Waals surface area contributed by atoms with Gasteiger partial charge in [-0.25, -0.2) is 8.78 Å². The van der Waals surface area contributed by atoms with Gasteiger partial charge in [-0.3, -0.25) is 0 Å². The van der Waals surface area contributed by atoms with E-state index >= 15 is 0 Å². The maximum absolute atomic E-state index is 13.4. The van der Waals surface area contributed by atoms with E-state index in [1.54, 1.807) is 12.1 Å². The van der Waals surface area contributed by atoms with Crippen LogP contribution in [-0.4, -0.2) is 6.04 Å². The molecule has 0 spiro atoms. The average Bonchev–Trinajstić information content (AvgIpc) is 3.20. The predicted molar refractivity (Wildman–Crippen MR) is 76.7 cm³/mol. The Morgan fingerprint density at radius 1 is 1.05 bits per heavy atom. The second-order valence-corrected chi connectivity index (χ2v) is 5.55. The molecule has 0 aromatic heterocycles. The molecule has 1 nitrogen and oxygen atoms in total. The molecule has 4 heteroatoms. The van der Waals surface area contributed by atoms with Gasteiger partial charge in [-0.15, -0.1) is 0 Å². The Bertz CT molecular complexity index is 618. The van der Waals surface area contributed by atoms with E-state index in [0.717, 1.165) is 17.2 Å². The monoisotopic (exact) mass is 293 g/mol. The summed E-state index contributed by atoms with van der Waals surface area (Å²) in [7, 11) is 0. The highest BCUT2D eigenvalue weighted by molar-refractivity contribution is 6.30. The van der Waals surface area contributed by atoms with E-state index in [1.807, 2.05) is 6.07 Å². The molecule has 1 saturated carbocycles. The molecule has 1 N–H and O–H groups in total. The van der Waals surface area contributed by atoms with Crippen molar-refractivity contribution in [1.29, 1.82) is 0 Å². The van der Waals surface area contributed by atoms with Crippen LogP contribution in [0.2, 0.25) is 5.02 Å². The van der Waals surface area contributed by atoms with Crippen molar-refractivity contribution in [3.05, 3.63) is 58.6 Å². The summed E-state index contributed by atoms with van der Waals surface area (Å²) in [5.41, 5.74) is 2.27. The first-order valence-electron chi connectivity index (χ1n) is 6.60. The van der Waals surface area contributed by atoms with Crippen LogP contribution in [0.15, 0.2) is 36.4 Å². The van der Waals surface area contributed by atoms with E-state index in [9.17, 15) is 8.78 Å². The highest BCUT2D eigenvalue weighted by Gasteiger charge is 2.20. The third-order valence-corrected chi connectivity index (χ3v) is 3.64. The normalized spacial score (nSPS) is 14.6. The molecule has 1 aliphatic carbocycles. The van der Waals surface area contributed by atoms with Gasteiger partial charge in [-0.05, 0) is 53.8 Å². The number of hydrogen-bond donors (Lipinski definition) is 1. The summed E-state index contributed by atoms with van der Waals surface area (Å²) in [4.78, 5) is 0. The Labute approximate surface area is 121 Å². The van der Waals surface area contributed by atoms with Crippen molar-refractivity contribution in [3.63, 3.8) is 0 Å². The Morgan fingerprint density at radius 2 is 1.75 bits per heavy atom. The van der Waals surface area contributed by atoms with E-state index in [0.29, 0.717) is 23.2 Å². The maximum atomic E-state index is 13.4. The molecule has 1 aliphatic rings. The van der Waals surface area contributed by atoms with Crippen molar-refractivity contribution in [3.8, 4) is 11.1 Å². The first kappa shape index (κ1) is 13.5. The van der Waals surface area contributed by atoms with Gasteiger partial charge in [0.2, 0.25) is 0 Å². The zero-order valence-electron chi connectivity index (χ0n) is 10.8. The van der Waals surface area contributed by atoms with Gasteiger partial charge in [-0.1, -0.05) is 17.7 Å². The van der Waals surface area contributed by atoms with E-state index in [4.69, 9.17) is 11.6 Å². The minimum atomic E-state index is -0.582. The lowest BCUT2D eigenvalue weighted by molar-refractivity contribution is 0.584. The fraction of sp³-hybridized carbons (Fsp3) is 0.250. The SMILES string of the molecule is Fc1cc(F)cc(-c2cc(Cl)ccc2CNC2CC2)c1. The molecular weight excluding hydrogens is 280 g/mol. The van der Waals surface area contributed by atoms with Crippen LogP contribution < -0.4 is 5.32 Å². The summed E-state index contributed by atoms with van der Waals surface area (Å²) in [6.07, 6.45) is 2.38. The zero-order chi connectivity index (χ0) is 14.1.